The van der Waals surface area contributed by atoms with Crippen molar-refractivity contribution < 1.29 is 19.7 Å². The number of carbonyl (C=O) groups is 1. The number of hydrogen-bond acceptors (Lipinski definition) is 3. The van der Waals surface area contributed by atoms with Crippen LogP contribution in [0, 0.1) is 0 Å². The molecule has 4 heteroatoms. The molecule has 0 atom stereocenters. The first-order valence-electron chi connectivity index (χ1n) is 5.78. The predicted molar refractivity (Wildman–Crippen MR) is 62.3 cm³/mol. The number of aromatic carboxylic acids is 1. The standard InChI is InChI=1S/C13H16O4/c14-12(15)10-3-5-11(6-4-10)17-9-13(16)7-1-2-8-13/h3-6,16H,1-2,7-9H2,(H,14,15). The van der Waals surface area contributed by atoms with Crippen LogP contribution in [0.25, 0.3) is 0 Å². The van der Waals surface area contributed by atoms with Gasteiger partial charge >= 0.3 is 5.97 Å². The molecule has 0 aromatic heterocycles. The molecule has 0 bridgehead atoms. The van der Waals surface area contributed by atoms with Crippen molar-refractivity contribution in [3.05, 3.63) is 29.8 Å². The second-order valence-corrected chi connectivity index (χ2v) is 4.55. The Morgan fingerprint density at radius 1 is 1.24 bits per heavy atom. The van der Waals surface area contributed by atoms with Crippen molar-refractivity contribution in [1.82, 2.24) is 0 Å². The van der Waals surface area contributed by atoms with Crippen LogP contribution in [0.15, 0.2) is 24.3 Å². The molecule has 17 heavy (non-hydrogen) atoms. The Labute approximate surface area is 99.8 Å². The molecular formula is C13H16O4. The third-order valence-electron chi connectivity index (χ3n) is 3.14. The van der Waals surface area contributed by atoms with Gasteiger partial charge in [-0.15, -0.1) is 0 Å². The van der Waals surface area contributed by atoms with Crippen LogP contribution < -0.4 is 4.74 Å². The van der Waals surface area contributed by atoms with Gasteiger partial charge in [0.2, 0.25) is 0 Å². The maximum absolute atomic E-state index is 10.6. The van der Waals surface area contributed by atoms with E-state index in [2.05, 4.69) is 0 Å². The molecule has 1 aromatic rings. The van der Waals surface area contributed by atoms with Crippen molar-refractivity contribution in [3.63, 3.8) is 0 Å². The van der Waals surface area contributed by atoms with Crippen LogP contribution in [0.2, 0.25) is 0 Å². The van der Waals surface area contributed by atoms with Gasteiger partial charge in [0.05, 0.1) is 11.2 Å². The highest BCUT2D eigenvalue weighted by atomic mass is 16.5. The first-order valence-corrected chi connectivity index (χ1v) is 5.78. The van der Waals surface area contributed by atoms with E-state index < -0.39 is 11.6 Å². The van der Waals surface area contributed by atoms with E-state index >= 15 is 0 Å². The Morgan fingerprint density at radius 2 is 1.82 bits per heavy atom. The van der Waals surface area contributed by atoms with Crippen LogP contribution in [0.3, 0.4) is 0 Å². The van der Waals surface area contributed by atoms with Crippen LogP contribution >= 0.6 is 0 Å². The topological polar surface area (TPSA) is 66.8 Å². The molecule has 92 valence electrons. The third-order valence-corrected chi connectivity index (χ3v) is 3.14. The summed E-state index contributed by atoms with van der Waals surface area (Å²) in [6.07, 6.45) is 3.63. The molecule has 1 aliphatic rings. The highest BCUT2D eigenvalue weighted by molar-refractivity contribution is 5.87. The minimum absolute atomic E-state index is 0.233. The molecule has 4 nitrogen and oxygen atoms in total. The van der Waals surface area contributed by atoms with Crippen molar-refractivity contribution >= 4 is 5.97 Å². The fourth-order valence-corrected chi connectivity index (χ4v) is 2.09. The summed E-state index contributed by atoms with van der Waals surface area (Å²) in [5.74, 6) is -0.360. The lowest BCUT2D eigenvalue weighted by atomic mass is 10.0. The summed E-state index contributed by atoms with van der Waals surface area (Å²) >= 11 is 0. The van der Waals surface area contributed by atoms with Gasteiger partial charge in [-0.3, -0.25) is 0 Å². The number of benzene rings is 1. The van der Waals surface area contributed by atoms with E-state index in [0.717, 1.165) is 25.7 Å². The van der Waals surface area contributed by atoms with Crippen LogP contribution in [0.4, 0.5) is 0 Å². The summed E-state index contributed by atoms with van der Waals surface area (Å²) in [7, 11) is 0. The number of aliphatic hydroxyl groups is 1. The first-order chi connectivity index (χ1) is 8.09. The number of carboxylic acids is 1. The highest BCUT2D eigenvalue weighted by Gasteiger charge is 2.31. The summed E-state index contributed by atoms with van der Waals surface area (Å²) < 4.78 is 5.48. The zero-order chi connectivity index (χ0) is 12.3. The Bertz CT molecular complexity index is 390. The number of ether oxygens (including phenoxy) is 1. The maximum atomic E-state index is 10.6. The largest absolute Gasteiger partial charge is 0.491 e. The molecule has 0 aliphatic heterocycles. The van der Waals surface area contributed by atoms with Crippen molar-refractivity contribution in [2.45, 2.75) is 31.3 Å². The minimum atomic E-state index is -0.953. The molecule has 0 saturated heterocycles. The van der Waals surface area contributed by atoms with E-state index in [4.69, 9.17) is 9.84 Å². The molecule has 2 rings (SSSR count). The smallest absolute Gasteiger partial charge is 0.335 e. The first kappa shape index (κ1) is 11.9. The summed E-state index contributed by atoms with van der Waals surface area (Å²) in [6.45, 7) is 0.277. The Hall–Kier alpha value is -1.55. The summed E-state index contributed by atoms with van der Waals surface area (Å²) in [4.78, 5) is 10.6. The van der Waals surface area contributed by atoms with Gasteiger partial charge in [-0.2, -0.15) is 0 Å². The summed E-state index contributed by atoms with van der Waals surface area (Å²) in [6, 6.07) is 6.22. The average Bonchev–Trinajstić information content (AvgIpc) is 2.75. The van der Waals surface area contributed by atoms with Gasteiger partial charge in [-0.25, -0.2) is 4.79 Å². The van der Waals surface area contributed by atoms with Crippen LogP contribution in [0.1, 0.15) is 36.0 Å². The molecule has 1 aromatic carbocycles. The Balaban J connectivity index is 1.93. The second-order valence-electron chi connectivity index (χ2n) is 4.55. The molecule has 0 heterocycles. The molecule has 0 spiro atoms. The van der Waals surface area contributed by atoms with Gasteiger partial charge < -0.3 is 14.9 Å². The molecule has 2 N–H and O–H groups in total. The van der Waals surface area contributed by atoms with E-state index in [9.17, 15) is 9.90 Å². The monoisotopic (exact) mass is 236 g/mol. The zero-order valence-corrected chi connectivity index (χ0v) is 9.56. The summed E-state index contributed by atoms with van der Waals surface area (Å²) in [5, 5.41) is 18.8. The van der Waals surface area contributed by atoms with Crippen molar-refractivity contribution in [1.29, 1.82) is 0 Å². The van der Waals surface area contributed by atoms with Crippen LogP contribution in [-0.4, -0.2) is 28.4 Å². The molecule has 1 aliphatic carbocycles. The average molecular weight is 236 g/mol. The molecular weight excluding hydrogens is 220 g/mol. The maximum Gasteiger partial charge on any atom is 0.335 e. The SMILES string of the molecule is O=C(O)c1ccc(OCC2(O)CCCC2)cc1. The quantitative estimate of drug-likeness (QED) is 0.839. The third kappa shape index (κ3) is 2.97. The normalized spacial score (nSPS) is 17.9. The number of hydrogen-bond donors (Lipinski definition) is 2. The van der Waals surface area contributed by atoms with E-state index in [-0.39, 0.29) is 12.2 Å². The fourth-order valence-electron chi connectivity index (χ4n) is 2.09. The molecule has 0 unspecified atom stereocenters. The lowest BCUT2D eigenvalue weighted by Crippen LogP contribution is -2.32. The van der Waals surface area contributed by atoms with Crippen molar-refractivity contribution in [2.75, 3.05) is 6.61 Å². The minimum Gasteiger partial charge on any atom is -0.491 e. The van der Waals surface area contributed by atoms with Gasteiger partial charge in [0.15, 0.2) is 0 Å². The van der Waals surface area contributed by atoms with E-state index in [1.807, 2.05) is 0 Å². The number of carboxylic acid groups (broad SMARTS) is 1. The lowest BCUT2D eigenvalue weighted by Gasteiger charge is -2.22. The van der Waals surface area contributed by atoms with Gasteiger partial charge in [0.1, 0.15) is 12.4 Å². The number of rotatable bonds is 4. The highest BCUT2D eigenvalue weighted by Crippen LogP contribution is 2.30. The van der Waals surface area contributed by atoms with Crippen LogP contribution in [-0.2, 0) is 0 Å². The molecule has 0 amide bonds. The van der Waals surface area contributed by atoms with Crippen molar-refractivity contribution in [2.24, 2.45) is 0 Å². The van der Waals surface area contributed by atoms with Gasteiger partial charge in [-0.1, -0.05) is 12.8 Å². The molecule has 1 fully saturated rings. The Kier molecular flexibility index (Phi) is 3.33. The van der Waals surface area contributed by atoms with Crippen LogP contribution in [0.5, 0.6) is 5.75 Å². The van der Waals surface area contributed by atoms with Gasteiger partial charge in [0.25, 0.3) is 0 Å². The Morgan fingerprint density at radius 3 is 2.35 bits per heavy atom. The fraction of sp³-hybridized carbons (Fsp3) is 0.462. The second kappa shape index (κ2) is 4.75. The van der Waals surface area contributed by atoms with E-state index in [1.165, 1.54) is 12.1 Å². The summed E-state index contributed by atoms with van der Waals surface area (Å²) in [5.41, 5.74) is -0.470. The molecule has 0 radical (unpaired) electrons. The lowest BCUT2D eigenvalue weighted by molar-refractivity contribution is 0.00139. The zero-order valence-electron chi connectivity index (χ0n) is 9.56. The van der Waals surface area contributed by atoms with Gasteiger partial charge in [-0.05, 0) is 37.1 Å². The predicted octanol–water partition coefficient (Wildman–Crippen LogP) is 2.07. The van der Waals surface area contributed by atoms with Crippen molar-refractivity contribution in [3.8, 4) is 5.75 Å². The van der Waals surface area contributed by atoms with E-state index in [1.54, 1.807) is 12.1 Å². The van der Waals surface area contributed by atoms with Gasteiger partial charge in [0, 0.05) is 0 Å². The van der Waals surface area contributed by atoms with E-state index in [0.29, 0.717) is 5.75 Å². The molecule has 1 saturated carbocycles.